The van der Waals surface area contributed by atoms with Crippen LogP contribution in [0.4, 0.5) is 5.69 Å². The van der Waals surface area contributed by atoms with Gasteiger partial charge in [-0.05, 0) is 42.3 Å². The zero-order valence-electron chi connectivity index (χ0n) is 20.5. The van der Waals surface area contributed by atoms with Crippen molar-refractivity contribution in [2.24, 2.45) is 7.05 Å². The molecule has 2 atom stereocenters. The summed E-state index contributed by atoms with van der Waals surface area (Å²) in [7, 11) is 3.59. The maximum absolute atomic E-state index is 14.1. The number of nitrogens with one attached hydrogen (secondary N) is 1. The van der Waals surface area contributed by atoms with Gasteiger partial charge in [0.1, 0.15) is 0 Å². The smallest absolute Gasteiger partial charge is 0.254 e. The first kappa shape index (κ1) is 24.1. The molecule has 7 heteroatoms. The lowest BCUT2D eigenvalue weighted by Crippen LogP contribution is -2.47. The summed E-state index contributed by atoms with van der Waals surface area (Å²) < 4.78 is 7.40. The molecule has 0 radical (unpaired) electrons. The Morgan fingerprint density at radius 3 is 2.58 bits per heavy atom. The quantitative estimate of drug-likeness (QED) is 0.368. The van der Waals surface area contributed by atoms with Gasteiger partial charge in [0, 0.05) is 48.9 Å². The van der Waals surface area contributed by atoms with Crippen LogP contribution in [0.2, 0.25) is 5.02 Å². The fourth-order valence-electron chi connectivity index (χ4n) is 5.20. The Bertz CT molecular complexity index is 1460. The number of aryl methyl sites for hydroxylation is 2. The van der Waals surface area contributed by atoms with Gasteiger partial charge < -0.3 is 19.5 Å². The topological polar surface area (TPSA) is 63.6 Å². The Morgan fingerprint density at radius 2 is 1.81 bits per heavy atom. The molecule has 0 aliphatic carbocycles. The Balaban J connectivity index is 1.69. The minimum atomic E-state index is -0.654. The van der Waals surface area contributed by atoms with Gasteiger partial charge in [-0.15, -0.1) is 0 Å². The van der Waals surface area contributed by atoms with Crippen molar-refractivity contribution in [2.75, 3.05) is 25.6 Å². The second-order valence-electron chi connectivity index (χ2n) is 9.19. The highest BCUT2D eigenvalue weighted by atomic mass is 35.5. The van der Waals surface area contributed by atoms with Crippen LogP contribution in [0, 0.1) is 6.92 Å². The number of anilines is 1. The lowest BCUT2D eigenvalue weighted by atomic mass is 9.79. The van der Waals surface area contributed by atoms with Crippen LogP contribution in [-0.4, -0.2) is 41.5 Å². The van der Waals surface area contributed by atoms with E-state index < -0.39 is 12.0 Å². The summed E-state index contributed by atoms with van der Waals surface area (Å²) in [6.07, 6.45) is 2.02. The van der Waals surface area contributed by atoms with Crippen LogP contribution in [-0.2, 0) is 16.6 Å². The number of para-hydroxylation sites is 1. The van der Waals surface area contributed by atoms with Crippen molar-refractivity contribution in [3.05, 3.63) is 100 Å². The van der Waals surface area contributed by atoms with E-state index in [0.717, 1.165) is 22.0 Å². The van der Waals surface area contributed by atoms with Gasteiger partial charge in [0.25, 0.3) is 5.91 Å². The van der Waals surface area contributed by atoms with Crippen molar-refractivity contribution >= 4 is 40.0 Å². The second kappa shape index (κ2) is 9.80. The van der Waals surface area contributed by atoms with Crippen LogP contribution in [0.5, 0.6) is 0 Å². The number of benzene rings is 3. The predicted molar refractivity (Wildman–Crippen MR) is 143 cm³/mol. The molecule has 5 rings (SSSR count). The maximum Gasteiger partial charge on any atom is 0.254 e. The molecule has 36 heavy (non-hydrogen) atoms. The Labute approximate surface area is 215 Å². The zero-order chi connectivity index (χ0) is 25.4. The molecular formula is C29H28ClN3O3. The van der Waals surface area contributed by atoms with E-state index in [1.54, 1.807) is 18.1 Å². The van der Waals surface area contributed by atoms with Crippen LogP contribution < -0.4 is 5.32 Å². The summed E-state index contributed by atoms with van der Waals surface area (Å²) in [5.41, 5.74) is 4.73. The van der Waals surface area contributed by atoms with Crippen molar-refractivity contribution in [1.82, 2.24) is 9.47 Å². The number of carbonyl (C=O) groups is 2. The average Bonchev–Trinajstić information content (AvgIpc) is 3.21. The molecule has 2 heterocycles. The molecule has 1 aliphatic heterocycles. The van der Waals surface area contributed by atoms with E-state index >= 15 is 0 Å². The van der Waals surface area contributed by atoms with Crippen LogP contribution >= 0.6 is 11.6 Å². The number of halogens is 1. The molecule has 1 N–H and O–H groups in total. The standard InChI is InChI=1S/C29H28ClN3O3/c1-18-12-13-24(23(30)16-18)31-28(34)26-20-9-4-5-10-21(20)29(35)33(14-15-36-3)27(26)22-17-32(2)25-11-7-6-8-19(22)25/h4-13,16-17,26-27H,14-15H2,1-3H3,(H,31,34)/t26-,27+/m0/s1. The molecule has 1 aromatic heterocycles. The molecule has 0 fully saturated rings. The number of amides is 2. The molecule has 6 nitrogen and oxygen atoms in total. The van der Waals surface area contributed by atoms with Crippen LogP contribution in [0.15, 0.2) is 72.9 Å². The number of hydrogen-bond donors (Lipinski definition) is 1. The van der Waals surface area contributed by atoms with E-state index in [4.69, 9.17) is 16.3 Å². The molecular weight excluding hydrogens is 474 g/mol. The summed E-state index contributed by atoms with van der Waals surface area (Å²) in [5.74, 6) is -0.988. The van der Waals surface area contributed by atoms with Crippen molar-refractivity contribution in [2.45, 2.75) is 18.9 Å². The highest BCUT2D eigenvalue weighted by molar-refractivity contribution is 6.33. The van der Waals surface area contributed by atoms with Gasteiger partial charge in [-0.2, -0.15) is 0 Å². The van der Waals surface area contributed by atoms with Crippen LogP contribution in [0.3, 0.4) is 0 Å². The third-order valence-corrected chi connectivity index (χ3v) is 7.20. The van der Waals surface area contributed by atoms with E-state index in [-0.39, 0.29) is 11.8 Å². The largest absolute Gasteiger partial charge is 0.383 e. The van der Waals surface area contributed by atoms with Gasteiger partial charge in [0.15, 0.2) is 0 Å². The lowest BCUT2D eigenvalue weighted by molar-refractivity contribution is -0.119. The van der Waals surface area contributed by atoms with Gasteiger partial charge in [0.2, 0.25) is 5.91 Å². The molecule has 184 valence electrons. The molecule has 2 amide bonds. The Kier molecular flexibility index (Phi) is 6.56. The van der Waals surface area contributed by atoms with Crippen molar-refractivity contribution in [3.63, 3.8) is 0 Å². The Morgan fingerprint density at radius 1 is 1.06 bits per heavy atom. The number of methoxy groups -OCH3 is 1. The fraction of sp³-hybridized carbons (Fsp3) is 0.241. The second-order valence-corrected chi connectivity index (χ2v) is 9.59. The van der Waals surface area contributed by atoms with Gasteiger partial charge in [0.05, 0.1) is 29.3 Å². The maximum atomic E-state index is 14.1. The summed E-state index contributed by atoms with van der Waals surface area (Å²) in [6, 6.07) is 20.4. The lowest BCUT2D eigenvalue weighted by Gasteiger charge is -2.41. The highest BCUT2D eigenvalue weighted by Crippen LogP contribution is 2.45. The molecule has 3 aromatic carbocycles. The van der Waals surface area contributed by atoms with Crippen LogP contribution in [0.25, 0.3) is 10.9 Å². The monoisotopic (exact) mass is 501 g/mol. The third-order valence-electron chi connectivity index (χ3n) is 6.89. The van der Waals surface area contributed by atoms with Crippen molar-refractivity contribution in [3.8, 4) is 0 Å². The molecule has 0 bridgehead atoms. The van der Waals surface area contributed by atoms with Crippen molar-refractivity contribution in [1.29, 1.82) is 0 Å². The van der Waals surface area contributed by atoms with Gasteiger partial charge in [-0.25, -0.2) is 0 Å². The molecule has 4 aromatic rings. The minimum Gasteiger partial charge on any atom is -0.383 e. The van der Waals surface area contributed by atoms with E-state index in [0.29, 0.717) is 35.0 Å². The number of carbonyl (C=O) groups excluding carboxylic acids is 2. The number of hydrogen-bond acceptors (Lipinski definition) is 3. The normalized spacial score (nSPS) is 17.3. The van der Waals surface area contributed by atoms with Gasteiger partial charge in [-0.3, -0.25) is 9.59 Å². The van der Waals surface area contributed by atoms with E-state index in [9.17, 15) is 9.59 Å². The number of nitrogens with zero attached hydrogens (tertiary/aromatic N) is 2. The fourth-order valence-corrected chi connectivity index (χ4v) is 5.48. The van der Waals surface area contributed by atoms with Crippen molar-refractivity contribution < 1.29 is 14.3 Å². The van der Waals surface area contributed by atoms with Gasteiger partial charge >= 0.3 is 0 Å². The molecule has 0 spiro atoms. The van der Waals surface area contributed by atoms with E-state index in [1.807, 2.05) is 85.4 Å². The van der Waals surface area contributed by atoms with E-state index in [1.165, 1.54) is 0 Å². The zero-order valence-corrected chi connectivity index (χ0v) is 21.3. The first-order chi connectivity index (χ1) is 17.4. The summed E-state index contributed by atoms with van der Waals surface area (Å²) in [4.78, 5) is 29.6. The van der Waals surface area contributed by atoms with Crippen LogP contribution in [0.1, 0.15) is 39.0 Å². The summed E-state index contributed by atoms with van der Waals surface area (Å²) in [5, 5.41) is 4.53. The van der Waals surface area contributed by atoms with Gasteiger partial charge in [-0.1, -0.05) is 54.1 Å². The molecule has 0 saturated heterocycles. The summed E-state index contributed by atoms with van der Waals surface area (Å²) >= 11 is 6.47. The Hall–Kier alpha value is -3.61. The van der Waals surface area contributed by atoms with E-state index in [2.05, 4.69) is 5.32 Å². The molecule has 1 aliphatic rings. The number of aromatic nitrogens is 1. The number of ether oxygens (including phenoxy) is 1. The number of rotatable bonds is 6. The third kappa shape index (κ3) is 4.16. The predicted octanol–water partition coefficient (Wildman–Crippen LogP) is 5.71. The SMILES string of the molecule is COCCN1C(=O)c2ccccc2[C@H](C(=O)Nc2ccc(C)cc2Cl)[C@H]1c1cn(C)c2ccccc12. The summed E-state index contributed by atoms with van der Waals surface area (Å²) in [6.45, 7) is 2.66. The first-order valence-corrected chi connectivity index (χ1v) is 12.3. The molecule has 0 unspecified atom stereocenters. The highest BCUT2D eigenvalue weighted by Gasteiger charge is 2.45. The minimum absolute atomic E-state index is 0.113. The average molecular weight is 502 g/mol. The molecule has 0 saturated carbocycles. The number of fused-ring (bicyclic) bond motifs is 2. The first-order valence-electron chi connectivity index (χ1n) is 11.9.